The summed E-state index contributed by atoms with van der Waals surface area (Å²) < 4.78 is 9.83. The number of rotatable bonds is 4. The van der Waals surface area contributed by atoms with E-state index in [0.717, 1.165) is 6.21 Å². The fourth-order valence-electron chi connectivity index (χ4n) is 1.28. The number of ether oxygens (including phenoxy) is 2. The number of hydrogen-bond acceptors (Lipinski definition) is 6. The largest absolute Gasteiger partial charge is 0.493 e. The number of nitro benzene ring substituents is 1. The van der Waals surface area contributed by atoms with E-state index in [9.17, 15) is 10.1 Å². The third kappa shape index (κ3) is 2.02. The Labute approximate surface area is 91.0 Å². The van der Waals surface area contributed by atoms with Crippen molar-refractivity contribution in [3.63, 3.8) is 0 Å². The molecule has 1 rings (SSSR count). The van der Waals surface area contributed by atoms with Crippen molar-refractivity contribution in [2.24, 2.45) is 5.16 Å². The first-order valence-corrected chi connectivity index (χ1v) is 4.22. The van der Waals surface area contributed by atoms with Gasteiger partial charge in [-0.3, -0.25) is 10.1 Å². The fourth-order valence-corrected chi connectivity index (χ4v) is 1.28. The highest BCUT2D eigenvalue weighted by molar-refractivity contribution is 5.88. The van der Waals surface area contributed by atoms with Gasteiger partial charge in [0.2, 0.25) is 5.75 Å². The molecule has 0 heterocycles. The maximum absolute atomic E-state index is 10.9. The lowest BCUT2D eigenvalue weighted by Crippen LogP contribution is -2.00. The zero-order chi connectivity index (χ0) is 12.1. The highest BCUT2D eigenvalue weighted by Crippen LogP contribution is 2.38. The minimum absolute atomic E-state index is 0.00935. The average Bonchev–Trinajstić information content (AvgIpc) is 2.28. The van der Waals surface area contributed by atoms with Crippen LogP contribution in [0.4, 0.5) is 5.69 Å². The van der Waals surface area contributed by atoms with Crippen molar-refractivity contribution in [1.82, 2.24) is 0 Å². The summed E-state index contributed by atoms with van der Waals surface area (Å²) in [6.07, 6.45) is 0.958. The second kappa shape index (κ2) is 4.96. The van der Waals surface area contributed by atoms with Gasteiger partial charge in [-0.15, -0.1) is 0 Å². The predicted octanol–water partition coefficient (Wildman–Crippen LogP) is 1.42. The van der Waals surface area contributed by atoms with E-state index in [0.29, 0.717) is 0 Å². The monoisotopic (exact) mass is 226 g/mol. The van der Waals surface area contributed by atoms with E-state index in [-0.39, 0.29) is 22.7 Å². The molecule has 0 spiro atoms. The number of nitrogens with zero attached hydrogens (tertiary/aromatic N) is 2. The Hall–Kier alpha value is -2.31. The molecule has 1 aromatic rings. The van der Waals surface area contributed by atoms with Crippen LogP contribution in [-0.4, -0.2) is 30.6 Å². The van der Waals surface area contributed by atoms with Crippen molar-refractivity contribution in [2.75, 3.05) is 14.2 Å². The molecular formula is C9H10N2O5. The van der Waals surface area contributed by atoms with E-state index in [1.807, 2.05) is 0 Å². The summed E-state index contributed by atoms with van der Waals surface area (Å²) in [6.45, 7) is 0. The van der Waals surface area contributed by atoms with Crippen LogP contribution >= 0.6 is 0 Å². The predicted molar refractivity (Wildman–Crippen MR) is 55.6 cm³/mol. The quantitative estimate of drug-likeness (QED) is 0.362. The second-order valence-corrected chi connectivity index (χ2v) is 2.74. The molecule has 0 aliphatic rings. The normalized spacial score (nSPS) is 10.4. The first-order chi connectivity index (χ1) is 7.65. The molecule has 0 saturated heterocycles. The van der Waals surface area contributed by atoms with E-state index in [1.165, 1.54) is 26.4 Å². The molecule has 0 saturated carbocycles. The van der Waals surface area contributed by atoms with Crippen LogP contribution in [0.5, 0.6) is 11.5 Å². The first-order valence-electron chi connectivity index (χ1n) is 4.22. The summed E-state index contributed by atoms with van der Waals surface area (Å²) in [5, 5.41) is 22.0. The molecule has 0 atom stereocenters. The van der Waals surface area contributed by atoms with E-state index in [4.69, 9.17) is 14.7 Å². The molecule has 16 heavy (non-hydrogen) atoms. The molecule has 0 bridgehead atoms. The van der Waals surface area contributed by atoms with Gasteiger partial charge in [-0.05, 0) is 12.1 Å². The van der Waals surface area contributed by atoms with Crippen LogP contribution in [0.3, 0.4) is 0 Å². The van der Waals surface area contributed by atoms with Gasteiger partial charge in [0.25, 0.3) is 0 Å². The Morgan fingerprint density at radius 2 is 2.12 bits per heavy atom. The molecule has 0 radical (unpaired) electrons. The van der Waals surface area contributed by atoms with Crippen LogP contribution in [0.15, 0.2) is 17.3 Å². The lowest BCUT2D eigenvalue weighted by molar-refractivity contribution is -0.386. The van der Waals surface area contributed by atoms with Crippen LogP contribution in [0.2, 0.25) is 0 Å². The van der Waals surface area contributed by atoms with Crippen molar-refractivity contribution < 1.29 is 19.6 Å². The van der Waals surface area contributed by atoms with Crippen LogP contribution < -0.4 is 9.47 Å². The zero-order valence-corrected chi connectivity index (χ0v) is 8.71. The Morgan fingerprint density at radius 3 is 2.56 bits per heavy atom. The molecule has 7 heteroatoms. The minimum atomic E-state index is -0.627. The van der Waals surface area contributed by atoms with Gasteiger partial charge in [0.1, 0.15) is 0 Å². The number of hydrogen-bond donors (Lipinski definition) is 1. The smallest absolute Gasteiger partial charge is 0.323 e. The van der Waals surface area contributed by atoms with Crippen molar-refractivity contribution in [3.05, 3.63) is 27.8 Å². The fraction of sp³-hybridized carbons (Fsp3) is 0.222. The van der Waals surface area contributed by atoms with Gasteiger partial charge in [0.15, 0.2) is 5.75 Å². The molecular weight excluding hydrogens is 216 g/mol. The summed E-state index contributed by atoms with van der Waals surface area (Å²) in [7, 11) is 2.67. The molecule has 0 aromatic heterocycles. The van der Waals surface area contributed by atoms with Crippen LogP contribution in [0.1, 0.15) is 5.56 Å². The molecule has 86 valence electrons. The summed E-state index contributed by atoms with van der Waals surface area (Å²) in [6, 6.07) is 2.89. The van der Waals surface area contributed by atoms with E-state index in [1.54, 1.807) is 0 Å². The van der Waals surface area contributed by atoms with Gasteiger partial charge in [-0.1, -0.05) is 5.16 Å². The van der Waals surface area contributed by atoms with Gasteiger partial charge in [0, 0.05) is 0 Å². The highest BCUT2D eigenvalue weighted by Gasteiger charge is 2.24. The molecule has 0 amide bonds. The maximum atomic E-state index is 10.9. The maximum Gasteiger partial charge on any atom is 0.323 e. The lowest BCUT2D eigenvalue weighted by atomic mass is 10.1. The van der Waals surface area contributed by atoms with Gasteiger partial charge in [-0.25, -0.2) is 0 Å². The average molecular weight is 226 g/mol. The first kappa shape index (κ1) is 11.8. The second-order valence-electron chi connectivity index (χ2n) is 2.74. The molecule has 0 aliphatic carbocycles. The molecule has 1 aromatic carbocycles. The van der Waals surface area contributed by atoms with Gasteiger partial charge in [0.05, 0.1) is 30.9 Å². The van der Waals surface area contributed by atoms with Crippen molar-refractivity contribution in [1.29, 1.82) is 0 Å². The molecule has 1 N–H and O–H groups in total. The third-order valence-electron chi connectivity index (χ3n) is 1.93. The highest BCUT2D eigenvalue weighted by atomic mass is 16.6. The van der Waals surface area contributed by atoms with Crippen LogP contribution in [0, 0.1) is 10.1 Å². The Bertz CT molecular complexity index is 430. The standard InChI is InChI=1S/C9H10N2O5/c1-15-7-4-3-6(5-10-12)8(11(13)14)9(7)16-2/h3-5,12H,1-2H3/b10-5+. The zero-order valence-electron chi connectivity index (χ0n) is 8.71. The van der Waals surface area contributed by atoms with Gasteiger partial charge >= 0.3 is 5.69 Å². The number of benzene rings is 1. The molecule has 0 aliphatic heterocycles. The summed E-state index contributed by atoms with van der Waals surface area (Å²) >= 11 is 0. The number of nitro groups is 1. The minimum Gasteiger partial charge on any atom is -0.493 e. The molecule has 0 unspecified atom stereocenters. The SMILES string of the molecule is COc1ccc(/C=N/O)c([N+](=O)[O-])c1OC. The number of methoxy groups -OCH3 is 2. The summed E-state index contributed by atoms with van der Waals surface area (Å²) in [5.41, 5.74) is -0.176. The van der Waals surface area contributed by atoms with Crippen molar-refractivity contribution in [3.8, 4) is 11.5 Å². The Balaban J connectivity index is 3.50. The summed E-state index contributed by atoms with van der Waals surface area (Å²) in [5.74, 6) is 0.231. The number of oxime groups is 1. The molecule has 0 fully saturated rings. The topological polar surface area (TPSA) is 94.2 Å². The molecule has 7 nitrogen and oxygen atoms in total. The van der Waals surface area contributed by atoms with E-state index in [2.05, 4.69) is 5.16 Å². The van der Waals surface area contributed by atoms with Crippen LogP contribution in [-0.2, 0) is 0 Å². The van der Waals surface area contributed by atoms with Gasteiger partial charge in [-0.2, -0.15) is 0 Å². The lowest BCUT2D eigenvalue weighted by Gasteiger charge is -2.08. The Morgan fingerprint density at radius 1 is 1.44 bits per heavy atom. The van der Waals surface area contributed by atoms with Crippen molar-refractivity contribution in [2.45, 2.75) is 0 Å². The van der Waals surface area contributed by atoms with E-state index < -0.39 is 4.92 Å². The van der Waals surface area contributed by atoms with Crippen molar-refractivity contribution >= 4 is 11.9 Å². The summed E-state index contributed by atoms with van der Waals surface area (Å²) in [4.78, 5) is 10.2. The van der Waals surface area contributed by atoms with E-state index >= 15 is 0 Å². The third-order valence-corrected chi connectivity index (χ3v) is 1.93. The van der Waals surface area contributed by atoms with Gasteiger partial charge < -0.3 is 14.7 Å². The Kier molecular flexibility index (Phi) is 3.65. The van der Waals surface area contributed by atoms with Crippen LogP contribution in [0.25, 0.3) is 0 Å².